The summed E-state index contributed by atoms with van der Waals surface area (Å²) in [5, 5.41) is 5.16. The number of hydrazone groups is 1. The molecule has 0 aliphatic rings. The Kier molecular flexibility index (Phi) is 4.67. The van der Waals surface area contributed by atoms with Crippen molar-refractivity contribution in [2.75, 3.05) is 5.43 Å². The first kappa shape index (κ1) is 16.7. The molecule has 4 rings (SSSR count). The van der Waals surface area contributed by atoms with E-state index in [1.54, 1.807) is 17.6 Å². The minimum atomic E-state index is 0.641. The van der Waals surface area contributed by atoms with Crippen LogP contribution in [0.2, 0.25) is 0 Å². The first-order chi connectivity index (χ1) is 12.7. The third kappa shape index (κ3) is 3.46. The van der Waals surface area contributed by atoms with Gasteiger partial charge < -0.3 is 4.57 Å². The molecule has 6 heteroatoms. The molecular weight excluding hydrogens is 342 g/mol. The molecule has 0 saturated carbocycles. The number of rotatable bonds is 6. The van der Waals surface area contributed by atoms with Crippen molar-refractivity contribution in [1.82, 2.24) is 14.5 Å². The first-order valence-electron chi connectivity index (χ1n) is 8.80. The van der Waals surface area contributed by atoms with Crippen LogP contribution in [0.4, 0.5) is 5.13 Å². The molecule has 0 spiro atoms. The SMILES string of the molecule is CC(C)CCn1c(/C=N\Nc2nc3ccccc3s2)nc2ccccc21. The molecular formula is C20H21N5S. The lowest BCUT2D eigenvalue weighted by molar-refractivity contribution is 0.521. The van der Waals surface area contributed by atoms with Gasteiger partial charge in [-0.15, -0.1) is 0 Å². The van der Waals surface area contributed by atoms with E-state index in [2.05, 4.69) is 52.1 Å². The van der Waals surface area contributed by atoms with Crippen molar-refractivity contribution in [2.45, 2.75) is 26.8 Å². The molecule has 0 bridgehead atoms. The number of nitrogens with one attached hydrogen (secondary N) is 1. The summed E-state index contributed by atoms with van der Waals surface area (Å²) in [6.45, 7) is 5.41. The number of benzene rings is 2. The lowest BCUT2D eigenvalue weighted by atomic mass is 10.1. The summed E-state index contributed by atoms with van der Waals surface area (Å²) in [6, 6.07) is 16.3. The van der Waals surface area contributed by atoms with E-state index >= 15 is 0 Å². The standard InChI is InChI=1S/C20H21N5S/c1-14(2)11-12-25-17-9-5-3-7-15(17)22-19(25)13-21-24-20-23-16-8-4-6-10-18(16)26-20/h3-10,13-14H,11-12H2,1-2H3,(H,23,24)/b21-13-. The highest BCUT2D eigenvalue weighted by Crippen LogP contribution is 2.25. The molecule has 0 amide bonds. The van der Waals surface area contributed by atoms with Gasteiger partial charge in [0, 0.05) is 6.54 Å². The smallest absolute Gasteiger partial charge is 0.204 e. The van der Waals surface area contributed by atoms with E-state index in [1.165, 1.54) is 0 Å². The van der Waals surface area contributed by atoms with E-state index in [-0.39, 0.29) is 0 Å². The first-order valence-corrected chi connectivity index (χ1v) is 9.62. The molecule has 5 nitrogen and oxygen atoms in total. The Bertz CT molecular complexity index is 1030. The normalized spacial score (nSPS) is 12.0. The van der Waals surface area contributed by atoms with E-state index in [4.69, 9.17) is 4.98 Å². The summed E-state index contributed by atoms with van der Waals surface area (Å²) in [6.07, 6.45) is 2.89. The van der Waals surface area contributed by atoms with E-state index in [0.29, 0.717) is 5.92 Å². The molecule has 0 saturated heterocycles. The number of para-hydroxylation sites is 3. The Balaban J connectivity index is 1.59. The van der Waals surface area contributed by atoms with Gasteiger partial charge in [-0.3, -0.25) is 5.43 Å². The molecule has 1 N–H and O–H groups in total. The molecule has 0 aliphatic heterocycles. The number of thiazole rings is 1. The Morgan fingerprint density at radius 2 is 1.85 bits per heavy atom. The molecule has 2 heterocycles. The van der Waals surface area contributed by atoms with E-state index in [1.807, 2.05) is 30.3 Å². The molecule has 132 valence electrons. The quantitative estimate of drug-likeness (QED) is 0.381. The molecule has 0 aliphatic carbocycles. The number of fused-ring (bicyclic) bond motifs is 2. The van der Waals surface area contributed by atoms with E-state index < -0.39 is 0 Å². The van der Waals surface area contributed by atoms with Gasteiger partial charge in [-0.05, 0) is 36.6 Å². The molecule has 0 fully saturated rings. The van der Waals surface area contributed by atoms with Crippen LogP contribution in [0.25, 0.3) is 21.3 Å². The highest BCUT2D eigenvalue weighted by Gasteiger charge is 2.09. The number of imidazole rings is 1. The van der Waals surface area contributed by atoms with Crippen LogP contribution in [0.15, 0.2) is 53.6 Å². The second-order valence-corrected chi connectivity index (χ2v) is 7.68. The van der Waals surface area contributed by atoms with Crippen molar-refractivity contribution < 1.29 is 0 Å². The van der Waals surface area contributed by atoms with Crippen LogP contribution in [0.5, 0.6) is 0 Å². The minimum Gasteiger partial charge on any atom is -0.323 e. The average molecular weight is 363 g/mol. The number of hydrogen-bond donors (Lipinski definition) is 1. The Labute approximate surface area is 156 Å². The van der Waals surface area contributed by atoms with E-state index in [9.17, 15) is 0 Å². The molecule has 2 aromatic heterocycles. The summed E-state index contributed by atoms with van der Waals surface area (Å²) in [5.41, 5.74) is 6.17. The van der Waals surface area contributed by atoms with Gasteiger partial charge in [0.1, 0.15) is 0 Å². The van der Waals surface area contributed by atoms with Crippen molar-refractivity contribution in [2.24, 2.45) is 11.0 Å². The highest BCUT2D eigenvalue weighted by atomic mass is 32.1. The fourth-order valence-corrected chi connectivity index (χ4v) is 3.70. The molecule has 0 unspecified atom stereocenters. The molecule has 0 radical (unpaired) electrons. The zero-order valence-corrected chi connectivity index (χ0v) is 15.7. The zero-order valence-electron chi connectivity index (χ0n) is 14.9. The average Bonchev–Trinajstić information content (AvgIpc) is 3.20. The fourth-order valence-electron chi connectivity index (χ4n) is 2.88. The Morgan fingerprint density at radius 3 is 2.65 bits per heavy atom. The largest absolute Gasteiger partial charge is 0.323 e. The van der Waals surface area contributed by atoms with Gasteiger partial charge in [0.15, 0.2) is 5.82 Å². The molecule has 26 heavy (non-hydrogen) atoms. The van der Waals surface area contributed by atoms with Gasteiger partial charge in [0.05, 0.1) is 27.5 Å². The lowest BCUT2D eigenvalue weighted by Crippen LogP contribution is -2.06. The number of aryl methyl sites for hydroxylation is 1. The summed E-state index contributed by atoms with van der Waals surface area (Å²) in [4.78, 5) is 9.26. The van der Waals surface area contributed by atoms with Gasteiger partial charge in [-0.2, -0.15) is 5.10 Å². The molecule has 4 aromatic rings. The van der Waals surface area contributed by atoms with Crippen LogP contribution in [-0.2, 0) is 6.54 Å². The topological polar surface area (TPSA) is 55.1 Å². The molecule has 0 atom stereocenters. The number of anilines is 1. The van der Waals surface area contributed by atoms with Crippen LogP contribution in [0, 0.1) is 5.92 Å². The van der Waals surface area contributed by atoms with Crippen LogP contribution < -0.4 is 5.43 Å². The maximum atomic E-state index is 4.72. The highest BCUT2D eigenvalue weighted by molar-refractivity contribution is 7.22. The van der Waals surface area contributed by atoms with Gasteiger partial charge >= 0.3 is 0 Å². The van der Waals surface area contributed by atoms with Crippen LogP contribution >= 0.6 is 11.3 Å². The monoisotopic (exact) mass is 363 g/mol. The zero-order chi connectivity index (χ0) is 17.9. The Hall–Kier alpha value is -2.73. The Morgan fingerprint density at radius 1 is 1.08 bits per heavy atom. The van der Waals surface area contributed by atoms with Crippen molar-refractivity contribution in [3.05, 3.63) is 54.4 Å². The maximum absolute atomic E-state index is 4.72. The van der Waals surface area contributed by atoms with Crippen molar-refractivity contribution in [3.63, 3.8) is 0 Å². The van der Waals surface area contributed by atoms with Crippen molar-refractivity contribution in [1.29, 1.82) is 0 Å². The van der Waals surface area contributed by atoms with Gasteiger partial charge in [0.2, 0.25) is 5.13 Å². The second-order valence-electron chi connectivity index (χ2n) is 6.65. The number of nitrogens with zero attached hydrogens (tertiary/aromatic N) is 4. The van der Waals surface area contributed by atoms with Gasteiger partial charge in [0.25, 0.3) is 0 Å². The van der Waals surface area contributed by atoms with E-state index in [0.717, 1.165) is 45.2 Å². The summed E-state index contributed by atoms with van der Waals surface area (Å²) in [7, 11) is 0. The van der Waals surface area contributed by atoms with Crippen LogP contribution in [-0.4, -0.2) is 20.7 Å². The maximum Gasteiger partial charge on any atom is 0.204 e. The van der Waals surface area contributed by atoms with Crippen molar-refractivity contribution >= 4 is 43.9 Å². The minimum absolute atomic E-state index is 0.641. The summed E-state index contributed by atoms with van der Waals surface area (Å²) >= 11 is 1.59. The second kappa shape index (κ2) is 7.25. The summed E-state index contributed by atoms with van der Waals surface area (Å²) in [5.74, 6) is 1.50. The van der Waals surface area contributed by atoms with Crippen LogP contribution in [0.1, 0.15) is 26.1 Å². The lowest BCUT2D eigenvalue weighted by Gasteiger charge is -2.08. The summed E-state index contributed by atoms with van der Waals surface area (Å²) < 4.78 is 3.38. The number of aromatic nitrogens is 3. The van der Waals surface area contributed by atoms with Crippen LogP contribution in [0.3, 0.4) is 0 Å². The fraction of sp³-hybridized carbons (Fsp3) is 0.250. The predicted molar refractivity (Wildman–Crippen MR) is 110 cm³/mol. The van der Waals surface area contributed by atoms with Gasteiger partial charge in [-0.25, -0.2) is 9.97 Å². The molecule has 2 aromatic carbocycles. The predicted octanol–water partition coefficient (Wildman–Crippen LogP) is 5.14. The van der Waals surface area contributed by atoms with Gasteiger partial charge in [-0.1, -0.05) is 49.4 Å². The third-order valence-electron chi connectivity index (χ3n) is 4.25. The van der Waals surface area contributed by atoms with Crippen molar-refractivity contribution in [3.8, 4) is 0 Å². The third-order valence-corrected chi connectivity index (χ3v) is 5.19. The number of hydrogen-bond acceptors (Lipinski definition) is 5.